The van der Waals surface area contributed by atoms with Crippen molar-refractivity contribution in [1.29, 1.82) is 0 Å². The summed E-state index contributed by atoms with van der Waals surface area (Å²) in [4.78, 5) is 12.8. The van der Waals surface area contributed by atoms with E-state index in [0.717, 1.165) is 15.0 Å². The lowest BCUT2D eigenvalue weighted by molar-refractivity contribution is 0.339. The predicted molar refractivity (Wildman–Crippen MR) is 108 cm³/mol. The Bertz CT molecular complexity index is 1020. The molecular formula is C16H15IN4O3S2. The zero-order chi connectivity index (χ0) is 18.7. The SMILES string of the molecule is CCOc1cccc(S(=O)(=O)c2cnc(Nc3cc(I)nc(C)n3)s2)c1. The zero-order valence-corrected chi connectivity index (χ0v) is 17.7. The topological polar surface area (TPSA) is 94.1 Å². The second-order valence-electron chi connectivity index (χ2n) is 5.14. The summed E-state index contributed by atoms with van der Waals surface area (Å²) in [5.41, 5.74) is 0. The number of anilines is 2. The Morgan fingerprint density at radius 1 is 1.27 bits per heavy atom. The average molecular weight is 502 g/mol. The highest BCUT2D eigenvalue weighted by Gasteiger charge is 2.21. The molecule has 7 nitrogen and oxygen atoms in total. The van der Waals surface area contributed by atoms with Crippen molar-refractivity contribution >= 4 is 54.7 Å². The lowest BCUT2D eigenvalue weighted by Crippen LogP contribution is -2.00. The molecular weight excluding hydrogens is 487 g/mol. The van der Waals surface area contributed by atoms with Gasteiger partial charge in [0.15, 0.2) is 5.13 Å². The third-order valence-corrected chi connectivity index (χ3v) is 6.90. The molecule has 3 rings (SSSR count). The summed E-state index contributed by atoms with van der Waals surface area (Å²) in [6, 6.07) is 8.20. The van der Waals surface area contributed by atoms with E-state index in [1.54, 1.807) is 31.2 Å². The number of halogens is 1. The van der Waals surface area contributed by atoms with Crippen LogP contribution in [-0.4, -0.2) is 30.0 Å². The average Bonchev–Trinajstić information content (AvgIpc) is 3.04. The van der Waals surface area contributed by atoms with Crippen molar-refractivity contribution in [3.63, 3.8) is 0 Å². The highest BCUT2D eigenvalue weighted by atomic mass is 127. The standard InChI is InChI=1S/C16H15IN4O3S2/c1-3-24-11-5-4-6-12(7-11)26(22,23)15-9-18-16(25-15)21-14-8-13(17)19-10(2)20-14/h4-9H,3H2,1-2H3,(H,18,19,20,21). The minimum Gasteiger partial charge on any atom is -0.494 e. The Morgan fingerprint density at radius 3 is 2.81 bits per heavy atom. The quantitative estimate of drug-likeness (QED) is 0.405. The number of aryl methyl sites for hydroxylation is 1. The number of nitrogens with one attached hydrogen (secondary N) is 1. The molecule has 0 unspecified atom stereocenters. The van der Waals surface area contributed by atoms with Crippen LogP contribution in [-0.2, 0) is 9.84 Å². The number of ether oxygens (including phenoxy) is 1. The molecule has 1 N–H and O–H groups in total. The van der Waals surface area contributed by atoms with Crippen molar-refractivity contribution in [1.82, 2.24) is 15.0 Å². The molecule has 0 atom stereocenters. The number of rotatable bonds is 6. The van der Waals surface area contributed by atoms with E-state index >= 15 is 0 Å². The number of aromatic nitrogens is 3. The molecule has 10 heteroatoms. The van der Waals surface area contributed by atoms with Gasteiger partial charge in [-0.3, -0.25) is 0 Å². The molecule has 0 saturated heterocycles. The monoisotopic (exact) mass is 502 g/mol. The van der Waals surface area contributed by atoms with Gasteiger partial charge in [-0.15, -0.1) is 0 Å². The highest BCUT2D eigenvalue weighted by Crippen LogP contribution is 2.31. The summed E-state index contributed by atoms with van der Waals surface area (Å²) in [6.45, 7) is 4.10. The summed E-state index contributed by atoms with van der Waals surface area (Å²) in [5.74, 6) is 1.71. The number of thiazole rings is 1. The first kappa shape index (κ1) is 19.0. The summed E-state index contributed by atoms with van der Waals surface area (Å²) in [7, 11) is -3.67. The molecule has 0 aliphatic rings. The van der Waals surface area contributed by atoms with Gasteiger partial charge in [0.05, 0.1) is 17.7 Å². The highest BCUT2D eigenvalue weighted by molar-refractivity contribution is 14.1. The third kappa shape index (κ3) is 4.30. The molecule has 2 aromatic heterocycles. The fraction of sp³-hybridized carbons (Fsp3) is 0.188. The smallest absolute Gasteiger partial charge is 0.217 e. The van der Waals surface area contributed by atoms with Crippen LogP contribution in [0.3, 0.4) is 0 Å². The van der Waals surface area contributed by atoms with Crippen molar-refractivity contribution in [2.45, 2.75) is 23.0 Å². The molecule has 0 aliphatic heterocycles. The van der Waals surface area contributed by atoms with Gasteiger partial charge in [0.1, 0.15) is 25.3 Å². The molecule has 0 aliphatic carbocycles. The predicted octanol–water partition coefficient (Wildman–Crippen LogP) is 3.82. The summed E-state index contributed by atoms with van der Waals surface area (Å²) >= 11 is 3.14. The van der Waals surface area contributed by atoms with Crippen LogP contribution in [0.1, 0.15) is 12.7 Å². The maximum atomic E-state index is 12.8. The third-order valence-electron chi connectivity index (χ3n) is 3.22. The van der Waals surface area contributed by atoms with Gasteiger partial charge in [0.2, 0.25) is 9.84 Å². The first-order valence-corrected chi connectivity index (χ1v) is 11.0. The van der Waals surface area contributed by atoms with Crippen LogP contribution >= 0.6 is 33.9 Å². The maximum absolute atomic E-state index is 12.8. The van der Waals surface area contributed by atoms with Crippen molar-refractivity contribution in [2.24, 2.45) is 0 Å². The van der Waals surface area contributed by atoms with Gasteiger partial charge < -0.3 is 10.1 Å². The molecule has 0 spiro atoms. The number of nitrogens with zero attached hydrogens (tertiary/aromatic N) is 3. The molecule has 0 radical (unpaired) electrons. The van der Waals surface area contributed by atoms with E-state index in [-0.39, 0.29) is 9.10 Å². The van der Waals surface area contributed by atoms with Gasteiger partial charge in [-0.1, -0.05) is 17.4 Å². The van der Waals surface area contributed by atoms with Gasteiger partial charge in [-0.05, 0) is 54.6 Å². The van der Waals surface area contributed by atoms with Crippen molar-refractivity contribution in [3.8, 4) is 5.75 Å². The van der Waals surface area contributed by atoms with Gasteiger partial charge >= 0.3 is 0 Å². The summed E-state index contributed by atoms with van der Waals surface area (Å²) < 4.78 is 32.0. The van der Waals surface area contributed by atoms with E-state index in [1.165, 1.54) is 12.3 Å². The Kier molecular flexibility index (Phi) is 5.73. The Labute approximate surface area is 168 Å². The van der Waals surface area contributed by atoms with Crippen molar-refractivity contribution in [3.05, 3.63) is 46.1 Å². The van der Waals surface area contributed by atoms with Gasteiger partial charge in [-0.2, -0.15) is 0 Å². The second kappa shape index (κ2) is 7.84. The van der Waals surface area contributed by atoms with E-state index < -0.39 is 9.84 Å². The Morgan fingerprint density at radius 2 is 2.08 bits per heavy atom. The minimum absolute atomic E-state index is 0.147. The van der Waals surface area contributed by atoms with Crippen LogP contribution < -0.4 is 10.1 Å². The Hall–Kier alpha value is -1.79. The number of hydrogen-bond acceptors (Lipinski definition) is 8. The van der Waals surface area contributed by atoms with Gasteiger partial charge in [-0.25, -0.2) is 23.4 Å². The normalized spacial score (nSPS) is 11.3. The maximum Gasteiger partial charge on any atom is 0.217 e. The molecule has 3 aromatic rings. The van der Waals surface area contributed by atoms with E-state index in [0.29, 0.717) is 29.1 Å². The van der Waals surface area contributed by atoms with Crippen LogP contribution in [0.4, 0.5) is 10.9 Å². The van der Waals surface area contributed by atoms with Crippen LogP contribution in [0, 0.1) is 10.6 Å². The van der Waals surface area contributed by atoms with E-state index in [9.17, 15) is 8.42 Å². The molecule has 0 fully saturated rings. The van der Waals surface area contributed by atoms with Crippen molar-refractivity contribution in [2.75, 3.05) is 11.9 Å². The van der Waals surface area contributed by atoms with E-state index in [2.05, 4.69) is 42.9 Å². The molecule has 136 valence electrons. The molecule has 2 heterocycles. The van der Waals surface area contributed by atoms with Gasteiger partial charge in [0.25, 0.3) is 0 Å². The van der Waals surface area contributed by atoms with Crippen LogP contribution in [0.25, 0.3) is 0 Å². The molecule has 0 bridgehead atoms. The van der Waals surface area contributed by atoms with E-state index in [1.807, 2.05) is 6.92 Å². The summed E-state index contributed by atoms with van der Waals surface area (Å²) in [5, 5.41) is 3.47. The van der Waals surface area contributed by atoms with Crippen LogP contribution in [0.5, 0.6) is 5.75 Å². The first-order chi connectivity index (χ1) is 12.4. The molecule has 26 heavy (non-hydrogen) atoms. The fourth-order valence-electron chi connectivity index (χ4n) is 2.16. The van der Waals surface area contributed by atoms with Gasteiger partial charge in [0, 0.05) is 6.07 Å². The van der Waals surface area contributed by atoms with Crippen LogP contribution in [0.15, 0.2) is 45.6 Å². The van der Waals surface area contributed by atoms with E-state index in [4.69, 9.17) is 4.74 Å². The number of sulfone groups is 1. The van der Waals surface area contributed by atoms with Crippen molar-refractivity contribution < 1.29 is 13.2 Å². The first-order valence-electron chi connectivity index (χ1n) is 7.60. The number of benzene rings is 1. The Balaban J connectivity index is 1.87. The lowest BCUT2D eigenvalue weighted by Gasteiger charge is -2.06. The lowest BCUT2D eigenvalue weighted by atomic mass is 10.3. The molecule has 0 amide bonds. The minimum atomic E-state index is -3.67. The van der Waals surface area contributed by atoms with Crippen LogP contribution in [0.2, 0.25) is 0 Å². The second-order valence-corrected chi connectivity index (χ2v) is 9.46. The number of hydrogen-bond donors (Lipinski definition) is 1. The fourth-order valence-corrected chi connectivity index (χ4v) is 5.28. The molecule has 0 saturated carbocycles. The zero-order valence-electron chi connectivity index (χ0n) is 13.9. The largest absolute Gasteiger partial charge is 0.494 e. The summed E-state index contributed by atoms with van der Waals surface area (Å²) in [6.07, 6.45) is 1.34. The molecule has 1 aromatic carbocycles.